The number of hydrogen-bond acceptors (Lipinski definition) is 4. The van der Waals surface area contributed by atoms with Crippen LogP contribution in [0.5, 0.6) is 0 Å². The number of likely N-dealkylation sites (N-methyl/N-ethyl adjacent to an activating group) is 1. The van der Waals surface area contributed by atoms with E-state index in [-0.39, 0.29) is 11.8 Å². The van der Waals surface area contributed by atoms with Crippen LogP contribution in [0.1, 0.15) is 26.2 Å². The molecule has 6 nitrogen and oxygen atoms in total. The number of amides is 2. The zero-order valence-electron chi connectivity index (χ0n) is 9.12. The zero-order valence-corrected chi connectivity index (χ0v) is 9.12. The largest absolute Gasteiger partial charge is 0.350 e. The lowest BCUT2D eigenvalue weighted by atomic mass is 10.1. The molecule has 0 fully saturated rings. The second-order valence-electron chi connectivity index (χ2n) is 3.17. The molecule has 0 aromatic carbocycles. The van der Waals surface area contributed by atoms with E-state index in [9.17, 15) is 9.59 Å². The lowest BCUT2D eigenvalue weighted by molar-refractivity contribution is -0.119. The van der Waals surface area contributed by atoms with Gasteiger partial charge in [0.1, 0.15) is 5.78 Å². The molecule has 0 aromatic rings. The van der Waals surface area contributed by atoms with E-state index >= 15 is 0 Å². The van der Waals surface area contributed by atoms with Crippen molar-refractivity contribution < 1.29 is 9.59 Å². The van der Waals surface area contributed by atoms with E-state index in [1.54, 1.807) is 20.2 Å². The molecule has 0 rings (SSSR count). The van der Waals surface area contributed by atoms with Crippen LogP contribution >= 0.6 is 0 Å². The van der Waals surface area contributed by atoms with Crippen molar-refractivity contribution in [2.45, 2.75) is 32.2 Å². The Bertz CT molecular complexity index is 240. The van der Waals surface area contributed by atoms with Gasteiger partial charge < -0.3 is 11.1 Å². The van der Waals surface area contributed by atoms with E-state index in [4.69, 9.17) is 5.73 Å². The number of nitrogens with two attached hydrogens (primary N) is 1. The molecule has 0 heterocycles. The summed E-state index contributed by atoms with van der Waals surface area (Å²) in [6, 6.07) is -0.773. The molecule has 0 spiro atoms. The van der Waals surface area contributed by atoms with Gasteiger partial charge in [0, 0.05) is 6.21 Å². The third-order valence-corrected chi connectivity index (χ3v) is 1.93. The third-order valence-electron chi connectivity index (χ3n) is 1.93. The molecule has 6 heteroatoms. The predicted molar refractivity (Wildman–Crippen MR) is 58.6 cm³/mol. The van der Waals surface area contributed by atoms with Crippen LogP contribution in [-0.2, 0) is 4.79 Å². The van der Waals surface area contributed by atoms with Gasteiger partial charge in [-0.15, -0.1) is 0 Å². The number of hydrogen-bond donors (Lipinski definition) is 3. The lowest BCUT2D eigenvalue weighted by Gasteiger charge is -2.10. The first-order chi connectivity index (χ1) is 7.07. The number of ketones is 1. The van der Waals surface area contributed by atoms with Gasteiger partial charge in [0.25, 0.3) is 0 Å². The Morgan fingerprint density at radius 2 is 2.20 bits per heavy atom. The molecule has 0 aliphatic heterocycles. The summed E-state index contributed by atoms with van der Waals surface area (Å²) in [6.45, 7) is 1.56. The van der Waals surface area contributed by atoms with E-state index in [1.165, 1.54) is 0 Å². The smallest absolute Gasteiger partial charge is 0.332 e. The number of nitrogens with zero attached hydrogens (tertiary/aromatic N) is 1. The first kappa shape index (κ1) is 13.6. The van der Waals surface area contributed by atoms with E-state index in [0.717, 1.165) is 12.8 Å². The van der Waals surface area contributed by atoms with Crippen LogP contribution in [0.4, 0.5) is 4.79 Å². The molecular weight excluding hydrogens is 196 g/mol. The van der Waals surface area contributed by atoms with Crippen molar-refractivity contribution >= 4 is 18.0 Å². The van der Waals surface area contributed by atoms with Crippen LogP contribution in [0.25, 0.3) is 0 Å². The minimum Gasteiger partial charge on any atom is -0.350 e. The SMILES string of the molecule is CN[C@@H](CCC/C=N/NC(N)=O)C(C)=O. The molecule has 86 valence electrons. The Balaban J connectivity index is 3.56. The second kappa shape index (κ2) is 7.93. The summed E-state index contributed by atoms with van der Waals surface area (Å²) in [6.07, 6.45) is 3.85. The number of carbonyl (C=O) groups excluding carboxylic acids is 2. The Hall–Kier alpha value is -1.43. The van der Waals surface area contributed by atoms with Crippen LogP contribution in [0.2, 0.25) is 0 Å². The summed E-state index contributed by atoms with van der Waals surface area (Å²) in [5, 5.41) is 6.51. The Kier molecular flexibility index (Phi) is 7.17. The minimum absolute atomic E-state index is 0.0949. The van der Waals surface area contributed by atoms with Crippen LogP contribution in [0, 0.1) is 0 Å². The van der Waals surface area contributed by atoms with Crippen LogP contribution in [-0.4, -0.2) is 31.1 Å². The molecule has 0 saturated heterocycles. The second-order valence-corrected chi connectivity index (χ2v) is 3.17. The fourth-order valence-electron chi connectivity index (χ4n) is 1.14. The van der Waals surface area contributed by atoms with Crippen LogP contribution in [0.15, 0.2) is 5.10 Å². The van der Waals surface area contributed by atoms with Gasteiger partial charge in [0.2, 0.25) is 0 Å². The Morgan fingerprint density at radius 1 is 1.53 bits per heavy atom. The highest BCUT2D eigenvalue weighted by atomic mass is 16.2. The number of unbranched alkanes of at least 4 members (excludes halogenated alkanes) is 1. The van der Waals surface area contributed by atoms with Crippen LogP contribution < -0.4 is 16.5 Å². The Morgan fingerprint density at radius 3 is 2.67 bits per heavy atom. The molecule has 0 radical (unpaired) electrons. The topological polar surface area (TPSA) is 96.6 Å². The molecule has 0 aliphatic rings. The van der Waals surface area contributed by atoms with E-state index in [0.29, 0.717) is 6.42 Å². The molecule has 2 amide bonds. The fourth-order valence-corrected chi connectivity index (χ4v) is 1.14. The van der Waals surface area contributed by atoms with Crippen molar-refractivity contribution in [1.82, 2.24) is 10.7 Å². The maximum Gasteiger partial charge on any atom is 0.332 e. The van der Waals surface area contributed by atoms with E-state index in [2.05, 4.69) is 15.8 Å². The van der Waals surface area contributed by atoms with Gasteiger partial charge in [-0.05, 0) is 33.2 Å². The number of urea groups is 1. The summed E-state index contributed by atoms with van der Waals surface area (Å²) in [5.74, 6) is 0.129. The minimum atomic E-state index is -0.678. The van der Waals surface area contributed by atoms with Crippen LogP contribution in [0.3, 0.4) is 0 Å². The molecule has 0 saturated carbocycles. The Labute approximate surface area is 89.3 Å². The fraction of sp³-hybridized carbons (Fsp3) is 0.667. The van der Waals surface area contributed by atoms with Gasteiger partial charge in [0.05, 0.1) is 6.04 Å². The van der Waals surface area contributed by atoms with Gasteiger partial charge in [0.15, 0.2) is 0 Å². The first-order valence-electron chi connectivity index (χ1n) is 4.82. The van der Waals surface area contributed by atoms with Gasteiger partial charge >= 0.3 is 6.03 Å². The number of rotatable bonds is 7. The predicted octanol–water partition coefficient (Wildman–Crippen LogP) is -0.0122. The summed E-state index contributed by atoms with van der Waals surface area (Å²) < 4.78 is 0. The summed E-state index contributed by atoms with van der Waals surface area (Å²) in [5.41, 5.74) is 6.89. The molecule has 0 aliphatic carbocycles. The van der Waals surface area contributed by atoms with Gasteiger partial charge in [-0.1, -0.05) is 0 Å². The van der Waals surface area contributed by atoms with Crippen molar-refractivity contribution in [2.75, 3.05) is 7.05 Å². The summed E-state index contributed by atoms with van der Waals surface area (Å²) in [7, 11) is 1.76. The molecule has 0 bridgehead atoms. The molecule has 0 unspecified atom stereocenters. The van der Waals surface area contributed by atoms with Crippen molar-refractivity contribution in [3.63, 3.8) is 0 Å². The summed E-state index contributed by atoms with van der Waals surface area (Å²) >= 11 is 0. The quantitative estimate of drug-likeness (QED) is 0.316. The third kappa shape index (κ3) is 7.63. The highest BCUT2D eigenvalue weighted by molar-refractivity contribution is 5.81. The molecule has 15 heavy (non-hydrogen) atoms. The molecule has 1 atom stereocenters. The van der Waals surface area contributed by atoms with E-state index < -0.39 is 6.03 Å². The highest BCUT2D eigenvalue weighted by Gasteiger charge is 2.09. The van der Waals surface area contributed by atoms with Gasteiger partial charge in [-0.3, -0.25) is 4.79 Å². The normalized spacial score (nSPS) is 12.7. The van der Waals surface area contributed by atoms with Crippen molar-refractivity contribution in [2.24, 2.45) is 10.8 Å². The highest BCUT2D eigenvalue weighted by Crippen LogP contribution is 2.00. The van der Waals surface area contributed by atoms with Crippen molar-refractivity contribution in [1.29, 1.82) is 0 Å². The van der Waals surface area contributed by atoms with Gasteiger partial charge in [-0.2, -0.15) is 5.10 Å². The lowest BCUT2D eigenvalue weighted by Crippen LogP contribution is -2.32. The standard InChI is InChI=1S/C9H18N4O2/c1-7(14)8(11-2)5-3-4-6-12-13-9(10)15/h6,8,11H,3-5H2,1-2H3,(H3,10,13,15)/b12-6+/t8-/m0/s1. The first-order valence-corrected chi connectivity index (χ1v) is 4.82. The monoisotopic (exact) mass is 214 g/mol. The number of nitrogens with one attached hydrogen (secondary N) is 2. The average molecular weight is 214 g/mol. The zero-order chi connectivity index (χ0) is 11.7. The molecule has 4 N–H and O–H groups in total. The maximum atomic E-state index is 11.0. The van der Waals surface area contributed by atoms with Crippen molar-refractivity contribution in [3.05, 3.63) is 0 Å². The molecular formula is C9H18N4O2. The number of primary amides is 1. The van der Waals surface area contributed by atoms with E-state index in [1.807, 2.05) is 0 Å². The number of carbonyl (C=O) groups is 2. The average Bonchev–Trinajstić information content (AvgIpc) is 2.15. The number of Topliss-reactive ketones (excluding diaryl/α,β-unsaturated/α-hetero) is 1. The summed E-state index contributed by atoms with van der Waals surface area (Å²) in [4.78, 5) is 21.2. The number of hydrazone groups is 1. The molecule has 0 aromatic heterocycles. The van der Waals surface area contributed by atoms with Gasteiger partial charge in [-0.25, -0.2) is 10.2 Å². The maximum absolute atomic E-state index is 11.0. The van der Waals surface area contributed by atoms with Crippen molar-refractivity contribution in [3.8, 4) is 0 Å².